The summed E-state index contributed by atoms with van der Waals surface area (Å²) in [5, 5.41) is 5.94. The van der Waals surface area contributed by atoms with Crippen LogP contribution in [-0.2, 0) is 4.74 Å². The number of hydrogen-bond acceptors (Lipinski definition) is 5. The van der Waals surface area contributed by atoms with E-state index in [0.717, 1.165) is 11.6 Å². The third-order valence-electron chi connectivity index (χ3n) is 3.58. The number of nitrogens with one attached hydrogen (secondary N) is 2. The minimum Gasteiger partial charge on any atom is -0.383 e. The Labute approximate surface area is 150 Å². The summed E-state index contributed by atoms with van der Waals surface area (Å²) in [7, 11) is 1.60. The maximum absolute atomic E-state index is 13.9. The van der Waals surface area contributed by atoms with Crippen molar-refractivity contribution in [2.45, 2.75) is 0 Å². The van der Waals surface area contributed by atoms with Gasteiger partial charge in [0.15, 0.2) is 0 Å². The van der Waals surface area contributed by atoms with E-state index < -0.39 is 11.6 Å². The molecule has 0 aliphatic heterocycles. The van der Waals surface area contributed by atoms with Crippen molar-refractivity contribution >= 4 is 17.5 Å². The Morgan fingerprint density at radius 1 is 1.00 bits per heavy atom. The largest absolute Gasteiger partial charge is 0.383 e. The van der Waals surface area contributed by atoms with Crippen molar-refractivity contribution in [1.29, 1.82) is 0 Å². The molecule has 0 unspecified atom stereocenters. The quantitative estimate of drug-likeness (QED) is 0.621. The fourth-order valence-electron chi connectivity index (χ4n) is 2.34. The molecule has 0 fully saturated rings. The maximum Gasteiger partial charge on any atom is 0.225 e. The number of nitrogens with zero attached hydrogens (tertiary/aromatic N) is 2. The Bertz CT molecular complexity index is 875. The Morgan fingerprint density at radius 2 is 1.81 bits per heavy atom. The lowest BCUT2D eigenvalue weighted by molar-refractivity contribution is 0.210. The SMILES string of the molecule is COCCNc1nc(Nc2ccc(F)cc2F)cc(-c2ccccc2)n1. The smallest absolute Gasteiger partial charge is 0.225 e. The van der Waals surface area contributed by atoms with Crippen molar-refractivity contribution in [3.63, 3.8) is 0 Å². The van der Waals surface area contributed by atoms with Crippen molar-refractivity contribution in [1.82, 2.24) is 9.97 Å². The number of anilines is 3. The Balaban J connectivity index is 1.93. The molecule has 0 spiro atoms. The lowest BCUT2D eigenvalue weighted by atomic mass is 10.1. The van der Waals surface area contributed by atoms with Gasteiger partial charge >= 0.3 is 0 Å². The standard InChI is InChI=1S/C19H18F2N4O/c1-26-10-9-22-19-24-17(13-5-3-2-4-6-13)12-18(25-19)23-16-8-7-14(20)11-15(16)21/h2-8,11-12H,9-10H2,1H3,(H2,22,23,24,25). The van der Waals surface area contributed by atoms with Crippen LogP contribution in [0.15, 0.2) is 54.6 Å². The van der Waals surface area contributed by atoms with Crippen LogP contribution in [0.4, 0.5) is 26.2 Å². The molecule has 1 heterocycles. The molecule has 0 bridgehead atoms. The Morgan fingerprint density at radius 3 is 2.54 bits per heavy atom. The summed E-state index contributed by atoms with van der Waals surface area (Å²) < 4.78 is 32.0. The fourth-order valence-corrected chi connectivity index (χ4v) is 2.34. The molecule has 3 aromatic rings. The fraction of sp³-hybridized carbons (Fsp3) is 0.158. The summed E-state index contributed by atoms with van der Waals surface area (Å²) in [6.45, 7) is 1.02. The van der Waals surface area contributed by atoms with Gasteiger partial charge in [-0.25, -0.2) is 13.8 Å². The molecule has 0 aliphatic carbocycles. The predicted molar refractivity (Wildman–Crippen MR) is 97.5 cm³/mol. The highest BCUT2D eigenvalue weighted by atomic mass is 19.1. The van der Waals surface area contributed by atoms with Crippen molar-refractivity contribution in [2.75, 3.05) is 30.9 Å². The molecule has 0 radical (unpaired) electrons. The first-order valence-corrected chi connectivity index (χ1v) is 8.05. The lowest BCUT2D eigenvalue weighted by Crippen LogP contribution is -2.11. The molecule has 0 amide bonds. The average molecular weight is 356 g/mol. The first-order valence-electron chi connectivity index (χ1n) is 8.05. The highest BCUT2D eigenvalue weighted by Gasteiger charge is 2.09. The van der Waals surface area contributed by atoms with Gasteiger partial charge in [0, 0.05) is 31.4 Å². The summed E-state index contributed by atoms with van der Waals surface area (Å²) >= 11 is 0. The first-order chi connectivity index (χ1) is 12.7. The van der Waals surface area contributed by atoms with Gasteiger partial charge in [-0.05, 0) is 12.1 Å². The molecule has 0 saturated carbocycles. The number of rotatable bonds is 7. The number of benzene rings is 2. The molecule has 3 rings (SSSR count). The third-order valence-corrected chi connectivity index (χ3v) is 3.58. The van der Waals surface area contributed by atoms with Gasteiger partial charge in [-0.3, -0.25) is 0 Å². The van der Waals surface area contributed by atoms with Gasteiger partial charge in [-0.2, -0.15) is 4.98 Å². The van der Waals surface area contributed by atoms with Crippen LogP contribution < -0.4 is 10.6 Å². The van der Waals surface area contributed by atoms with E-state index in [1.54, 1.807) is 13.2 Å². The molecule has 134 valence electrons. The Hall–Kier alpha value is -3.06. The number of methoxy groups -OCH3 is 1. The minimum atomic E-state index is -0.696. The van der Waals surface area contributed by atoms with Gasteiger partial charge in [-0.15, -0.1) is 0 Å². The summed E-state index contributed by atoms with van der Waals surface area (Å²) in [6.07, 6.45) is 0. The van der Waals surface area contributed by atoms with E-state index in [-0.39, 0.29) is 5.69 Å². The third kappa shape index (κ3) is 4.52. The molecular weight excluding hydrogens is 338 g/mol. The van der Waals surface area contributed by atoms with Crippen LogP contribution in [0.2, 0.25) is 0 Å². The number of ether oxygens (including phenoxy) is 1. The summed E-state index contributed by atoms with van der Waals surface area (Å²) in [5.74, 6) is -0.556. The van der Waals surface area contributed by atoms with Crippen molar-refractivity contribution < 1.29 is 13.5 Å². The van der Waals surface area contributed by atoms with Crippen molar-refractivity contribution in [3.8, 4) is 11.3 Å². The molecule has 0 atom stereocenters. The van der Waals surface area contributed by atoms with Crippen LogP contribution in [0.25, 0.3) is 11.3 Å². The van der Waals surface area contributed by atoms with Crippen LogP contribution in [-0.4, -0.2) is 30.2 Å². The first kappa shape index (κ1) is 17.8. The van der Waals surface area contributed by atoms with Crippen LogP contribution in [0.3, 0.4) is 0 Å². The highest BCUT2D eigenvalue weighted by Crippen LogP contribution is 2.25. The molecule has 1 aromatic heterocycles. The number of aromatic nitrogens is 2. The Kier molecular flexibility index (Phi) is 5.70. The normalized spacial score (nSPS) is 10.6. The zero-order valence-corrected chi connectivity index (χ0v) is 14.2. The van der Waals surface area contributed by atoms with E-state index >= 15 is 0 Å². The van der Waals surface area contributed by atoms with Gasteiger partial charge in [0.25, 0.3) is 0 Å². The maximum atomic E-state index is 13.9. The average Bonchev–Trinajstić information content (AvgIpc) is 2.65. The van der Waals surface area contributed by atoms with Gasteiger partial charge in [0.2, 0.25) is 5.95 Å². The highest BCUT2D eigenvalue weighted by molar-refractivity contribution is 5.67. The van der Waals surface area contributed by atoms with Crippen molar-refractivity contribution in [3.05, 3.63) is 66.2 Å². The van der Waals surface area contributed by atoms with Crippen LogP contribution in [0, 0.1) is 11.6 Å². The van der Waals surface area contributed by atoms with Crippen molar-refractivity contribution in [2.24, 2.45) is 0 Å². The predicted octanol–water partition coefficient (Wildman–Crippen LogP) is 4.22. The van der Waals surface area contributed by atoms with Gasteiger partial charge in [-0.1, -0.05) is 30.3 Å². The zero-order chi connectivity index (χ0) is 18.4. The topological polar surface area (TPSA) is 59.1 Å². The molecule has 2 N–H and O–H groups in total. The van der Waals surface area contributed by atoms with E-state index in [9.17, 15) is 8.78 Å². The second-order valence-corrected chi connectivity index (χ2v) is 5.50. The van der Waals surface area contributed by atoms with Gasteiger partial charge < -0.3 is 15.4 Å². The van der Waals surface area contributed by atoms with Crippen LogP contribution >= 0.6 is 0 Å². The summed E-state index contributed by atoms with van der Waals surface area (Å²) in [6, 6.07) is 14.6. The zero-order valence-electron chi connectivity index (χ0n) is 14.2. The molecule has 5 nitrogen and oxygen atoms in total. The van der Waals surface area contributed by atoms with E-state index in [1.165, 1.54) is 12.1 Å². The molecule has 0 saturated heterocycles. The minimum absolute atomic E-state index is 0.131. The number of halogens is 2. The monoisotopic (exact) mass is 356 g/mol. The molecule has 7 heteroatoms. The van der Waals surface area contributed by atoms with E-state index in [4.69, 9.17) is 4.74 Å². The van der Waals surface area contributed by atoms with Gasteiger partial charge in [0.05, 0.1) is 18.0 Å². The van der Waals surface area contributed by atoms with Gasteiger partial charge in [0.1, 0.15) is 17.5 Å². The summed E-state index contributed by atoms with van der Waals surface area (Å²) in [4.78, 5) is 8.82. The van der Waals surface area contributed by atoms with Crippen LogP contribution in [0.5, 0.6) is 0 Å². The molecule has 26 heavy (non-hydrogen) atoms. The number of hydrogen-bond donors (Lipinski definition) is 2. The molecule has 2 aromatic carbocycles. The molecule has 0 aliphatic rings. The lowest BCUT2D eigenvalue weighted by Gasteiger charge is -2.12. The van der Waals surface area contributed by atoms with Crippen LogP contribution in [0.1, 0.15) is 0 Å². The molecular formula is C19H18F2N4O. The second kappa shape index (κ2) is 8.35. The van der Waals surface area contributed by atoms with E-state index in [2.05, 4.69) is 20.6 Å². The van der Waals surface area contributed by atoms with E-state index in [1.807, 2.05) is 30.3 Å². The second-order valence-electron chi connectivity index (χ2n) is 5.50. The summed E-state index contributed by atoms with van der Waals surface area (Å²) in [5.41, 5.74) is 1.70. The van der Waals surface area contributed by atoms with E-state index in [0.29, 0.717) is 30.6 Å².